The summed E-state index contributed by atoms with van der Waals surface area (Å²) >= 11 is 7.33. The van der Waals surface area contributed by atoms with Crippen LogP contribution in [0.1, 0.15) is 10.4 Å². The molecule has 6 heteroatoms. The molecule has 0 radical (unpaired) electrons. The first kappa shape index (κ1) is 13.7. The number of benzene rings is 2. The zero-order chi connectivity index (χ0) is 14.7. The molecular weight excluding hydrogens is 306 g/mol. The Kier molecular flexibility index (Phi) is 3.94. The van der Waals surface area contributed by atoms with Crippen molar-refractivity contribution in [2.75, 3.05) is 5.32 Å². The van der Waals surface area contributed by atoms with Gasteiger partial charge in [-0.1, -0.05) is 40.4 Å². The molecule has 0 unspecified atom stereocenters. The molecule has 0 bridgehead atoms. The zero-order valence-electron chi connectivity index (χ0n) is 10.8. The molecule has 0 aliphatic heterocycles. The molecule has 1 amide bonds. The lowest BCUT2D eigenvalue weighted by molar-refractivity contribution is 0.102. The fourth-order valence-electron chi connectivity index (χ4n) is 1.86. The third-order valence-electron chi connectivity index (χ3n) is 2.91. The number of hydrogen-bond donors (Lipinski definition) is 1. The predicted molar refractivity (Wildman–Crippen MR) is 84.8 cm³/mol. The molecule has 0 atom stereocenters. The van der Waals surface area contributed by atoms with E-state index in [1.54, 1.807) is 30.5 Å². The minimum atomic E-state index is -0.229. The van der Waals surface area contributed by atoms with Crippen LogP contribution < -0.4 is 5.32 Å². The van der Waals surface area contributed by atoms with E-state index in [0.29, 0.717) is 16.3 Å². The summed E-state index contributed by atoms with van der Waals surface area (Å²) in [5.74, 6) is -0.229. The number of carbonyl (C=O) groups is 1. The molecule has 3 rings (SSSR count). The molecule has 0 saturated heterocycles. The van der Waals surface area contributed by atoms with Crippen molar-refractivity contribution in [1.29, 1.82) is 0 Å². The number of rotatable bonds is 3. The van der Waals surface area contributed by atoms with Gasteiger partial charge in [-0.05, 0) is 41.4 Å². The second-order valence-corrected chi connectivity index (χ2v) is 5.49. The quantitative estimate of drug-likeness (QED) is 0.791. The van der Waals surface area contributed by atoms with Crippen molar-refractivity contribution in [3.05, 3.63) is 65.3 Å². The van der Waals surface area contributed by atoms with Gasteiger partial charge in [-0.25, -0.2) is 0 Å². The van der Waals surface area contributed by atoms with Gasteiger partial charge in [0, 0.05) is 5.69 Å². The Morgan fingerprint density at radius 2 is 1.86 bits per heavy atom. The van der Waals surface area contributed by atoms with Crippen LogP contribution in [0.5, 0.6) is 0 Å². The average molecular weight is 316 g/mol. The molecule has 1 N–H and O–H groups in total. The highest BCUT2D eigenvalue weighted by Gasteiger charge is 2.09. The third kappa shape index (κ3) is 3.09. The lowest BCUT2D eigenvalue weighted by Crippen LogP contribution is -2.12. The van der Waals surface area contributed by atoms with Gasteiger partial charge >= 0.3 is 0 Å². The normalized spacial score (nSPS) is 10.3. The van der Waals surface area contributed by atoms with Crippen LogP contribution in [0, 0.1) is 0 Å². The number of halogens is 1. The van der Waals surface area contributed by atoms with Crippen LogP contribution in [0.3, 0.4) is 0 Å². The first-order valence-corrected chi connectivity index (χ1v) is 7.33. The topological polar surface area (TPSA) is 54.9 Å². The van der Waals surface area contributed by atoms with E-state index in [1.807, 2.05) is 24.3 Å². The summed E-state index contributed by atoms with van der Waals surface area (Å²) in [6, 6.07) is 14.4. The molecular formula is C15H10ClN3OS. The predicted octanol–water partition coefficient (Wildman–Crippen LogP) is 4.11. The Labute approximate surface area is 130 Å². The first-order valence-electron chi connectivity index (χ1n) is 6.18. The van der Waals surface area contributed by atoms with E-state index < -0.39 is 0 Å². The van der Waals surface area contributed by atoms with Gasteiger partial charge in [-0.2, -0.15) is 0 Å². The first-order chi connectivity index (χ1) is 10.2. The van der Waals surface area contributed by atoms with Gasteiger partial charge in [0.2, 0.25) is 0 Å². The Morgan fingerprint density at radius 3 is 2.52 bits per heavy atom. The van der Waals surface area contributed by atoms with E-state index >= 15 is 0 Å². The summed E-state index contributed by atoms with van der Waals surface area (Å²) < 4.78 is 3.83. The highest BCUT2D eigenvalue weighted by atomic mass is 35.5. The number of anilines is 1. The Bertz CT molecular complexity index is 757. The van der Waals surface area contributed by atoms with Crippen LogP contribution >= 0.6 is 23.1 Å². The zero-order valence-corrected chi connectivity index (χ0v) is 12.4. The van der Waals surface area contributed by atoms with E-state index in [1.165, 1.54) is 11.5 Å². The standard InChI is InChI=1S/C15H10ClN3OS/c16-13-4-2-1-3-12(13)15(20)18-11-7-5-10(6-8-11)14-9-17-19-21-14/h1-9H,(H,18,20). The van der Waals surface area contributed by atoms with Crippen molar-refractivity contribution in [2.24, 2.45) is 0 Å². The van der Waals surface area contributed by atoms with Crippen molar-refractivity contribution >= 4 is 34.7 Å². The third-order valence-corrected chi connectivity index (χ3v) is 3.95. The number of carbonyl (C=O) groups excluding carboxylic acids is 1. The van der Waals surface area contributed by atoms with Crippen LogP contribution in [0.25, 0.3) is 10.4 Å². The molecule has 2 aromatic carbocycles. The minimum absolute atomic E-state index is 0.229. The van der Waals surface area contributed by atoms with Gasteiger partial charge < -0.3 is 5.32 Å². The summed E-state index contributed by atoms with van der Waals surface area (Å²) in [6.45, 7) is 0. The highest BCUT2D eigenvalue weighted by Crippen LogP contribution is 2.24. The lowest BCUT2D eigenvalue weighted by atomic mass is 10.1. The fraction of sp³-hybridized carbons (Fsp3) is 0. The van der Waals surface area contributed by atoms with Crippen molar-refractivity contribution in [3.63, 3.8) is 0 Å². The molecule has 4 nitrogen and oxygen atoms in total. The van der Waals surface area contributed by atoms with Crippen LogP contribution in [0.4, 0.5) is 5.69 Å². The Hall–Kier alpha value is -2.24. The van der Waals surface area contributed by atoms with E-state index in [-0.39, 0.29) is 5.91 Å². The summed E-state index contributed by atoms with van der Waals surface area (Å²) in [5.41, 5.74) is 2.18. The van der Waals surface area contributed by atoms with Gasteiger partial charge in [-0.3, -0.25) is 4.79 Å². The van der Waals surface area contributed by atoms with Crippen molar-refractivity contribution < 1.29 is 4.79 Å². The number of nitrogens with zero attached hydrogens (tertiary/aromatic N) is 2. The molecule has 0 aliphatic rings. The highest BCUT2D eigenvalue weighted by molar-refractivity contribution is 7.09. The van der Waals surface area contributed by atoms with Gasteiger partial charge in [0.15, 0.2) is 0 Å². The number of hydrogen-bond acceptors (Lipinski definition) is 4. The van der Waals surface area contributed by atoms with E-state index in [4.69, 9.17) is 11.6 Å². The summed E-state index contributed by atoms with van der Waals surface area (Å²) in [6.07, 6.45) is 1.71. The van der Waals surface area contributed by atoms with E-state index in [0.717, 1.165) is 10.4 Å². The summed E-state index contributed by atoms with van der Waals surface area (Å²) in [4.78, 5) is 13.1. The Balaban J connectivity index is 1.77. The maximum atomic E-state index is 12.1. The minimum Gasteiger partial charge on any atom is -0.322 e. The van der Waals surface area contributed by atoms with E-state index in [2.05, 4.69) is 14.9 Å². The lowest BCUT2D eigenvalue weighted by Gasteiger charge is -2.07. The number of nitrogens with one attached hydrogen (secondary N) is 1. The molecule has 1 aromatic heterocycles. The molecule has 0 saturated carbocycles. The summed E-state index contributed by atoms with van der Waals surface area (Å²) in [5, 5.41) is 7.06. The smallest absolute Gasteiger partial charge is 0.257 e. The molecule has 0 fully saturated rings. The van der Waals surface area contributed by atoms with Crippen LogP contribution in [0.15, 0.2) is 54.7 Å². The van der Waals surface area contributed by atoms with Crippen molar-refractivity contribution in [1.82, 2.24) is 9.59 Å². The molecule has 104 valence electrons. The monoisotopic (exact) mass is 315 g/mol. The van der Waals surface area contributed by atoms with Gasteiger partial charge in [-0.15, -0.1) is 5.10 Å². The fourth-order valence-corrected chi connectivity index (χ4v) is 2.60. The molecule has 21 heavy (non-hydrogen) atoms. The molecule has 0 aliphatic carbocycles. The average Bonchev–Trinajstić information content (AvgIpc) is 3.02. The molecule has 3 aromatic rings. The van der Waals surface area contributed by atoms with Gasteiger partial charge in [0.05, 0.1) is 21.7 Å². The van der Waals surface area contributed by atoms with E-state index in [9.17, 15) is 4.79 Å². The van der Waals surface area contributed by atoms with Gasteiger partial charge in [0.25, 0.3) is 5.91 Å². The maximum absolute atomic E-state index is 12.1. The number of aromatic nitrogens is 2. The Morgan fingerprint density at radius 1 is 1.10 bits per heavy atom. The number of amides is 1. The SMILES string of the molecule is O=C(Nc1ccc(-c2cnns2)cc1)c1ccccc1Cl. The largest absolute Gasteiger partial charge is 0.322 e. The van der Waals surface area contributed by atoms with Crippen LogP contribution in [-0.4, -0.2) is 15.5 Å². The van der Waals surface area contributed by atoms with Crippen LogP contribution in [-0.2, 0) is 0 Å². The van der Waals surface area contributed by atoms with Crippen molar-refractivity contribution in [2.45, 2.75) is 0 Å². The maximum Gasteiger partial charge on any atom is 0.257 e. The second kappa shape index (κ2) is 6.03. The molecule has 0 spiro atoms. The van der Waals surface area contributed by atoms with Crippen molar-refractivity contribution in [3.8, 4) is 10.4 Å². The van der Waals surface area contributed by atoms with Crippen LogP contribution in [0.2, 0.25) is 5.02 Å². The summed E-state index contributed by atoms with van der Waals surface area (Å²) in [7, 11) is 0. The second-order valence-electron chi connectivity index (χ2n) is 4.29. The molecule has 1 heterocycles. The van der Waals surface area contributed by atoms with Gasteiger partial charge in [0.1, 0.15) is 0 Å².